The molecule has 0 bridgehead atoms. The van der Waals surface area contributed by atoms with Gasteiger partial charge in [0.05, 0.1) is 4.24 Å². The Kier molecular flexibility index (Phi) is 4.44. The first-order chi connectivity index (χ1) is 10.6. The van der Waals surface area contributed by atoms with Crippen LogP contribution >= 0.6 is 23.5 Å². The summed E-state index contributed by atoms with van der Waals surface area (Å²) < 4.78 is 11.1. The fourth-order valence-electron chi connectivity index (χ4n) is 2.02. The molecule has 5 nitrogen and oxygen atoms in total. The number of fused-ring (bicyclic) bond motifs is 1. The lowest BCUT2D eigenvalue weighted by atomic mass is 10.1. The highest BCUT2D eigenvalue weighted by Crippen LogP contribution is 2.39. The molecule has 0 unspecified atom stereocenters. The monoisotopic (exact) mass is 336 g/mol. The molecule has 0 atom stereocenters. The number of hydrogen-bond donors (Lipinski definition) is 1. The molecular weight excluding hydrogens is 324 g/mol. The minimum Gasteiger partial charge on any atom is -0.477 e. The summed E-state index contributed by atoms with van der Waals surface area (Å²) in [6.45, 7) is 0.186. The van der Waals surface area contributed by atoms with Crippen molar-refractivity contribution in [1.82, 2.24) is 0 Å². The van der Waals surface area contributed by atoms with E-state index >= 15 is 0 Å². The van der Waals surface area contributed by atoms with Crippen molar-refractivity contribution in [1.29, 1.82) is 0 Å². The quantitative estimate of drug-likeness (QED) is 0.515. The molecule has 1 aromatic carbocycles. The Hall–Kier alpha value is -1.86. The number of thioether (sulfide) groups is 2. The van der Waals surface area contributed by atoms with Crippen molar-refractivity contribution in [3.63, 3.8) is 0 Å². The number of allylic oxidation sites excluding steroid dienone is 1. The molecule has 1 fully saturated rings. The van der Waals surface area contributed by atoms with Crippen LogP contribution in [-0.2, 0) is 9.59 Å². The molecule has 7 heteroatoms. The Labute approximate surface area is 135 Å². The third kappa shape index (κ3) is 3.15. The second-order valence-electron chi connectivity index (χ2n) is 4.47. The molecule has 0 aromatic heterocycles. The van der Waals surface area contributed by atoms with Crippen LogP contribution in [0.15, 0.2) is 34.1 Å². The second kappa shape index (κ2) is 6.50. The van der Waals surface area contributed by atoms with Gasteiger partial charge in [0.25, 0.3) is 0 Å². The molecule has 0 radical (unpaired) electrons. The smallest absolute Gasteiger partial charge is 0.341 e. The standard InChI is InChI=1S/C15H12O5S2/c16-10(13(14(17)18)15-21-5-6-22-15)3-1-9-2-4-11-12(7-9)20-8-19-11/h1-4,7H,5-6,8H2,(H,17,18). The molecule has 3 rings (SSSR count). The first-order valence-electron chi connectivity index (χ1n) is 6.50. The first-order valence-corrected chi connectivity index (χ1v) is 8.47. The first kappa shape index (κ1) is 15.1. The van der Waals surface area contributed by atoms with Crippen LogP contribution in [0.4, 0.5) is 0 Å². The van der Waals surface area contributed by atoms with Crippen molar-refractivity contribution in [2.45, 2.75) is 0 Å². The maximum atomic E-state index is 12.2. The van der Waals surface area contributed by atoms with Gasteiger partial charge in [-0.25, -0.2) is 4.79 Å². The van der Waals surface area contributed by atoms with E-state index in [1.807, 2.05) is 0 Å². The van der Waals surface area contributed by atoms with Crippen LogP contribution in [-0.4, -0.2) is 35.2 Å². The summed E-state index contributed by atoms with van der Waals surface area (Å²) in [4.78, 5) is 23.5. The predicted molar refractivity (Wildman–Crippen MR) is 86.2 cm³/mol. The lowest BCUT2D eigenvalue weighted by Crippen LogP contribution is -2.11. The van der Waals surface area contributed by atoms with E-state index in [1.165, 1.54) is 29.6 Å². The Morgan fingerprint density at radius 2 is 1.86 bits per heavy atom. The maximum absolute atomic E-state index is 12.2. The minimum atomic E-state index is -1.18. The summed E-state index contributed by atoms with van der Waals surface area (Å²) in [7, 11) is 0. The summed E-state index contributed by atoms with van der Waals surface area (Å²) in [5.74, 6) is 1.26. The van der Waals surface area contributed by atoms with Crippen LogP contribution in [0.2, 0.25) is 0 Å². The lowest BCUT2D eigenvalue weighted by molar-refractivity contribution is -0.134. The van der Waals surface area contributed by atoms with Crippen molar-refractivity contribution in [2.75, 3.05) is 18.3 Å². The summed E-state index contributed by atoms with van der Waals surface area (Å²) >= 11 is 2.83. The molecule has 22 heavy (non-hydrogen) atoms. The van der Waals surface area contributed by atoms with Crippen molar-refractivity contribution >= 4 is 41.4 Å². The van der Waals surface area contributed by atoms with E-state index in [1.54, 1.807) is 24.3 Å². The SMILES string of the molecule is O=C(O)C(C(=O)C=Cc1ccc2c(c1)OCO2)=C1SCCS1. The van der Waals surface area contributed by atoms with Crippen molar-refractivity contribution in [3.05, 3.63) is 39.6 Å². The zero-order valence-electron chi connectivity index (χ0n) is 11.4. The largest absolute Gasteiger partial charge is 0.477 e. The van der Waals surface area contributed by atoms with E-state index in [0.717, 1.165) is 17.1 Å². The Morgan fingerprint density at radius 3 is 2.59 bits per heavy atom. The topological polar surface area (TPSA) is 72.8 Å². The van der Waals surface area contributed by atoms with Crippen molar-refractivity contribution < 1.29 is 24.2 Å². The number of ether oxygens (including phenoxy) is 2. The molecule has 0 amide bonds. The van der Waals surface area contributed by atoms with E-state index in [0.29, 0.717) is 15.7 Å². The van der Waals surface area contributed by atoms with Gasteiger partial charge >= 0.3 is 5.97 Å². The van der Waals surface area contributed by atoms with E-state index in [4.69, 9.17) is 9.47 Å². The van der Waals surface area contributed by atoms with Crippen LogP contribution in [0.5, 0.6) is 11.5 Å². The normalized spacial score (nSPS) is 16.3. The second-order valence-corrected chi connectivity index (χ2v) is 6.94. The summed E-state index contributed by atoms with van der Waals surface area (Å²) in [5, 5.41) is 9.25. The number of ketones is 1. The van der Waals surface area contributed by atoms with Gasteiger partial charge in [0.15, 0.2) is 17.3 Å². The molecule has 2 aliphatic heterocycles. The van der Waals surface area contributed by atoms with Gasteiger partial charge in [-0.05, 0) is 23.8 Å². The van der Waals surface area contributed by atoms with Crippen LogP contribution in [0, 0.1) is 0 Å². The van der Waals surface area contributed by atoms with Crippen LogP contribution in [0.1, 0.15) is 5.56 Å². The van der Waals surface area contributed by atoms with Crippen LogP contribution in [0.25, 0.3) is 6.08 Å². The van der Waals surface area contributed by atoms with Crippen molar-refractivity contribution in [2.24, 2.45) is 0 Å². The highest BCUT2D eigenvalue weighted by molar-refractivity contribution is 8.25. The van der Waals surface area contributed by atoms with E-state index in [2.05, 4.69) is 0 Å². The molecule has 0 spiro atoms. The number of benzene rings is 1. The zero-order chi connectivity index (χ0) is 15.5. The number of carboxylic acids is 1. The van der Waals surface area contributed by atoms with Crippen molar-refractivity contribution in [3.8, 4) is 11.5 Å². The number of carbonyl (C=O) groups is 2. The highest BCUT2D eigenvalue weighted by atomic mass is 32.2. The van der Waals surface area contributed by atoms with Gasteiger partial charge in [-0.1, -0.05) is 12.1 Å². The van der Waals surface area contributed by atoms with Gasteiger partial charge in [-0.3, -0.25) is 4.79 Å². The summed E-state index contributed by atoms with van der Waals surface area (Å²) in [5.41, 5.74) is 0.601. The number of rotatable bonds is 4. The molecule has 114 valence electrons. The fourth-order valence-corrected chi connectivity index (χ4v) is 4.56. The Bertz CT molecular complexity index is 685. The van der Waals surface area contributed by atoms with E-state index < -0.39 is 11.8 Å². The van der Waals surface area contributed by atoms with Crippen LogP contribution < -0.4 is 9.47 Å². The lowest BCUT2D eigenvalue weighted by Gasteiger charge is -2.02. The minimum absolute atomic E-state index is 0.149. The number of carbonyl (C=O) groups excluding carboxylic acids is 1. The van der Waals surface area contributed by atoms with Gasteiger partial charge < -0.3 is 14.6 Å². The average Bonchev–Trinajstić information content (AvgIpc) is 3.15. The predicted octanol–water partition coefficient (Wildman–Crippen LogP) is 2.77. The molecular formula is C15H12O5S2. The van der Waals surface area contributed by atoms with Gasteiger partial charge in [0.1, 0.15) is 5.57 Å². The van der Waals surface area contributed by atoms with Gasteiger partial charge in [0, 0.05) is 11.5 Å². The van der Waals surface area contributed by atoms with Gasteiger partial charge in [-0.2, -0.15) is 0 Å². The molecule has 1 N–H and O–H groups in total. The summed E-state index contributed by atoms with van der Waals surface area (Å²) in [6, 6.07) is 5.29. The fraction of sp³-hybridized carbons (Fsp3) is 0.200. The maximum Gasteiger partial charge on any atom is 0.341 e. The zero-order valence-corrected chi connectivity index (χ0v) is 13.0. The highest BCUT2D eigenvalue weighted by Gasteiger charge is 2.24. The Morgan fingerprint density at radius 1 is 1.14 bits per heavy atom. The van der Waals surface area contributed by atoms with E-state index in [-0.39, 0.29) is 12.4 Å². The summed E-state index contributed by atoms with van der Waals surface area (Å²) in [6.07, 6.45) is 2.87. The molecule has 2 heterocycles. The van der Waals surface area contributed by atoms with Gasteiger partial charge in [0.2, 0.25) is 6.79 Å². The number of carboxylic acid groups (broad SMARTS) is 1. The molecule has 0 aliphatic carbocycles. The number of aliphatic carboxylic acids is 1. The van der Waals surface area contributed by atoms with E-state index in [9.17, 15) is 14.7 Å². The molecule has 1 aromatic rings. The Balaban J connectivity index is 1.80. The third-order valence-corrected chi connectivity index (χ3v) is 5.75. The molecule has 0 saturated carbocycles. The van der Waals surface area contributed by atoms with Gasteiger partial charge in [-0.15, -0.1) is 23.5 Å². The molecule has 1 saturated heterocycles. The number of hydrogen-bond acceptors (Lipinski definition) is 6. The van der Waals surface area contributed by atoms with Crippen LogP contribution in [0.3, 0.4) is 0 Å². The molecule has 2 aliphatic rings. The average molecular weight is 336 g/mol. The third-order valence-electron chi connectivity index (χ3n) is 3.04.